The van der Waals surface area contributed by atoms with Gasteiger partial charge >= 0.3 is 0 Å². The number of likely N-dealkylation sites (N-methyl/N-ethyl adjacent to an activating group) is 1. The highest BCUT2D eigenvalue weighted by atomic mass is 35.5. The number of piperazine rings is 1. The second-order valence-electron chi connectivity index (χ2n) is 7.29. The Labute approximate surface area is 182 Å². The molecule has 0 bridgehead atoms. The zero-order valence-electron chi connectivity index (χ0n) is 17.3. The smallest absolute Gasteiger partial charge is 0.251 e. The molecule has 1 atom stereocenters. The molecular weight excluding hydrogens is 426 g/mol. The van der Waals surface area contributed by atoms with Crippen LogP contribution < -0.4 is 10.1 Å². The van der Waals surface area contributed by atoms with Gasteiger partial charge in [0, 0.05) is 37.3 Å². The molecule has 162 valence electrons. The van der Waals surface area contributed by atoms with Crippen molar-refractivity contribution in [3.8, 4) is 5.75 Å². The third-order valence-corrected chi connectivity index (χ3v) is 7.61. The van der Waals surface area contributed by atoms with Gasteiger partial charge in [-0.1, -0.05) is 29.8 Å². The second kappa shape index (κ2) is 9.34. The molecule has 2 aromatic rings. The molecule has 0 aromatic heterocycles. The molecule has 1 fully saturated rings. The highest BCUT2D eigenvalue weighted by Crippen LogP contribution is 2.28. The minimum atomic E-state index is -3.79. The highest BCUT2D eigenvalue weighted by Gasteiger charge is 2.30. The Morgan fingerprint density at radius 2 is 1.80 bits per heavy atom. The van der Waals surface area contributed by atoms with E-state index in [1.54, 1.807) is 7.11 Å². The Kier molecular flexibility index (Phi) is 7.02. The molecular formula is C21H26ClN3O4S. The summed E-state index contributed by atoms with van der Waals surface area (Å²) in [4.78, 5) is 14.8. The van der Waals surface area contributed by atoms with Crippen LogP contribution >= 0.6 is 11.6 Å². The molecule has 1 aliphatic rings. The number of carbonyl (C=O) groups is 1. The number of para-hydroxylation sites is 1. The Bertz CT molecular complexity index is 1020. The van der Waals surface area contributed by atoms with Crippen LogP contribution in [-0.4, -0.2) is 63.9 Å². The lowest BCUT2D eigenvalue weighted by molar-refractivity contribution is 0.0939. The van der Waals surface area contributed by atoms with Gasteiger partial charge in [0.15, 0.2) is 0 Å². The first kappa shape index (κ1) is 22.6. The summed E-state index contributed by atoms with van der Waals surface area (Å²) < 4.78 is 32.9. The normalized spacial score (nSPS) is 16.8. The molecule has 7 nitrogen and oxygen atoms in total. The number of amides is 1. The summed E-state index contributed by atoms with van der Waals surface area (Å²) in [6, 6.07) is 11.4. The number of nitrogens with one attached hydrogen (secondary N) is 1. The van der Waals surface area contributed by atoms with Crippen molar-refractivity contribution in [2.24, 2.45) is 0 Å². The number of hydrogen-bond acceptors (Lipinski definition) is 5. The zero-order valence-corrected chi connectivity index (χ0v) is 18.8. The first-order valence-corrected chi connectivity index (χ1v) is 11.5. The van der Waals surface area contributed by atoms with Gasteiger partial charge in [0.2, 0.25) is 10.0 Å². The average molecular weight is 452 g/mol. The number of methoxy groups -OCH3 is 1. The number of carbonyl (C=O) groups excluding carboxylic acids is 1. The molecule has 9 heteroatoms. The molecule has 1 aliphatic heterocycles. The van der Waals surface area contributed by atoms with Crippen LogP contribution in [0.1, 0.15) is 28.9 Å². The summed E-state index contributed by atoms with van der Waals surface area (Å²) in [5.41, 5.74) is 1.06. The van der Waals surface area contributed by atoms with Gasteiger partial charge in [-0.2, -0.15) is 4.31 Å². The molecule has 0 spiro atoms. The zero-order chi connectivity index (χ0) is 21.9. The maximum atomic E-state index is 13.1. The van der Waals surface area contributed by atoms with Crippen molar-refractivity contribution in [2.75, 3.05) is 40.3 Å². The molecule has 3 rings (SSSR count). The molecule has 0 unspecified atom stereocenters. The van der Waals surface area contributed by atoms with Crippen LogP contribution in [0, 0.1) is 0 Å². The van der Waals surface area contributed by atoms with Gasteiger partial charge in [-0.3, -0.25) is 4.79 Å². The molecule has 1 heterocycles. The number of nitrogens with zero attached hydrogens (tertiary/aromatic N) is 2. The van der Waals surface area contributed by atoms with E-state index in [0.717, 1.165) is 5.56 Å². The number of benzene rings is 2. The van der Waals surface area contributed by atoms with E-state index in [1.807, 2.05) is 38.2 Å². The lowest BCUT2D eigenvalue weighted by Gasteiger charge is -2.31. The van der Waals surface area contributed by atoms with E-state index in [4.69, 9.17) is 16.3 Å². The van der Waals surface area contributed by atoms with Crippen molar-refractivity contribution in [2.45, 2.75) is 17.9 Å². The van der Waals surface area contributed by atoms with E-state index in [2.05, 4.69) is 10.2 Å². The lowest BCUT2D eigenvalue weighted by atomic mass is 10.1. The molecule has 2 aromatic carbocycles. The standard InChI is InChI=1S/C21H26ClN3O4S/c1-15(17-6-4-5-7-19(17)29-3)23-21(26)16-8-9-18(22)20(14-16)30(27,28)25-12-10-24(2)11-13-25/h4-9,14-15H,10-13H2,1-3H3,(H,23,26)/t15-/m1/s1. The van der Waals surface area contributed by atoms with E-state index < -0.39 is 10.0 Å². The second-order valence-corrected chi connectivity index (χ2v) is 9.60. The monoisotopic (exact) mass is 451 g/mol. The summed E-state index contributed by atoms with van der Waals surface area (Å²) >= 11 is 6.21. The molecule has 0 aliphatic carbocycles. The van der Waals surface area contributed by atoms with Crippen molar-refractivity contribution in [3.63, 3.8) is 0 Å². The Balaban J connectivity index is 1.83. The van der Waals surface area contributed by atoms with Crippen LogP contribution in [0.25, 0.3) is 0 Å². The van der Waals surface area contributed by atoms with Crippen LogP contribution in [0.15, 0.2) is 47.4 Å². The quantitative estimate of drug-likeness (QED) is 0.730. The number of ether oxygens (including phenoxy) is 1. The van der Waals surface area contributed by atoms with Crippen molar-refractivity contribution < 1.29 is 17.9 Å². The fourth-order valence-corrected chi connectivity index (χ4v) is 5.31. The van der Waals surface area contributed by atoms with Crippen LogP contribution in [0.4, 0.5) is 0 Å². The van der Waals surface area contributed by atoms with Gasteiger partial charge in [-0.25, -0.2) is 8.42 Å². The van der Waals surface area contributed by atoms with E-state index in [-0.39, 0.29) is 27.4 Å². The average Bonchev–Trinajstić information content (AvgIpc) is 2.74. The van der Waals surface area contributed by atoms with Gasteiger partial charge in [-0.05, 0) is 38.2 Å². The summed E-state index contributed by atoms with van der Waals surface area (Å²) in [6.45, 7) is 3.90. The number of hydrogen-bond donors (Lipinski definition) is 1. The molecule has 1 amide bonds. The minimum Gasteiger partial charge on any atom is -0.496 e. The summed E-state index contributed by atoms with van der Waals surface area (Å²) in [7, 11) is -0.268. The van der Waals surface area contributed by atoms with Crippen molar-refractivity contribution >= 4 is 27.5 Å². The maximum absolute atomic E-state index is 13.1. The van der Waals surface area contributed by atoms with E-state index in [1.165, 1.54) is 22.5 Å². The van der Waals surface area contributed by atoms with Crippen LogP contribution in [0.3, 0.4) is 0 Å². The molecule has 1 N–H and O–H groups in total. The fraction of sp³-hybridized carbons (Fsp3) is 0.381. The Hall–Kier alpha value is -2.13. The van der Waals surface area contributed by atoms with Gasteiger partial charge in [0.1, 0.15) is 10.6 Å². The third kappa shape index (κ3) is 4.78. The van der Waals surface area contributed by atoms with Gasteiger partial charge in [0.05, 0.1) is 18.2 Å². The van der Waals surface area contributed by atoms with Gasteiger partial charge in [-0.15, -0.1) is 0 Å². The summed E-state index contributed by atoms with van der Waals surface area (Å²) in [5.74, 6) is 0.277. The van der Waals surface area contributed by atoms with Gasteiger partial charge in [0.25, 0.3) is 5.91 Å². The van der Waals surface area contributed by atoms with Gasteiger partial charge < -0.3 is 15.0 Å². The van der Waals surface area contributed by atoms with Crippen LogP contribution in [0.2, 0.25) is 5.02 Å². The molecule has 30 heavy (non-hydrogen) atoms. The van der Waals surface area contributed by atoms with Crippen LogP contribution in [-0.2, 0) is 10.0 Å². The highest BCUT2D eigenvalue weighted by molar-refractivity contribution is 7.89. The Morgan fingerprint density at radius 3 is 2.47 bits per heavy atom. The summed E-state index contributed by atoms with van der Waals surface area (Å²) in [5, 5.41) is 2.99. The van der Waals surface area contributed by atoms with Crippen molar-refractivity contribution in [1.29, 1.82) is 0 Å². The number of rotatable bonds is 6. The predicted molar refractivity (Wildman–Crippen MR) is 117 cm³/mol. The molecule has 0 radical (unpaired) electrons. The first-order valence-electron chi connectivity index (χ1n) is 9.66. The van der Waals surface area contributed by atoms with Crippen molar-refractivity contribution in [1.82, 2.24) is 14.5 Å². The number of halogens is 1. The lowest BCUT2D eigenvalue weighted by Crippen LogP contribution is -2.47. The summed E-state index contributed by atoms with van der Waals surface area (Å²) in [6.07, 6.45) is 0. The molecule has 0 saturated carbocycles. The SMILES string of the molecule is COc1ccccc1[C@@H](C)NC(=O)c1ccc(Cl)c(S(=O)(=O)N2CCN(C)CC2)c1. The first-order chi connectivity index (χ1) is 14.2. The van der Waals surface area contributed by atoms with Crippen molar-refractivity contribution in [3.05, 3.63) is 58.6 Å². The maximum Gasteiger partial charge on any atom is 0.251 e. The number of sulfonamides is 1. The predicted octanol–water partition coefficient (Wildman–Crippen LogP) is 2.78. The fourth-order valence-electron chi connectivity index (χ4n) is 3.39. The third-order valence-electron chi connectivity index (χ3n) is 5.23. The van der Waals surface area contributed by atoms with E-state index in [9.17, 15) is 13.2 Å². The largest absolute Gasteiger partial charge is 0.496 e. The molecule has 1 saturated heterocycles. The Morgan fingerprint density at radius 1 is 1.13 bits per heavy atom. The van der Waals surface area contributed by atoms with Crippen LogP contribution in [0.5, 0.6) is 5.75 Å². The minimum absolute atomic E-state index is 0.0497. The van der Waals surface area contributed by atoms with E-state index in [0.29, 0.717) is 31.9 Å². The van der Waals surface area contributed by atoms with E-state index >= 15 is 0 Å². The topological polar surface area (TPSA) is 78.9 Å².